The van der Waals surface area contributed by atoms with E-state index in [1.807, 2.05) is 11.8 Å². The fourth-order valence-corrected chi connectivity index (χ4v) is 4.63. The average molecular weight is 409 g/mol. The van der Waals surface area contributed by atoms with Crippen molar-refractivity contribution in [1.29, 1.82) is 0 Å². The number of rotatable bonds is 2. The number of H-pyrrole nitrogens is 1. The maximum absolute atomic E-state index is 15.2. The zero-order valence-electron chi connectivity index (χ0n) is 15.0. The Morgan fingerprint density at radius 2 is 2.18 bits per heavy atom. The first-order valence-corrected chi connectivity index (χ1v) is 9.49. The van der Waals surface area contributed by atoms with E-state index in [1.165, 1.54) is 6.07 Å². The number of fused-ring (bicyclic) bond motifs is 2. The van der Waals surface area contributed by atoms with E-state index in [1.54, 1.807) is 4.57 Å². The lowest BCUT2D eigenvalue weighted by molar-refractivity contribution is 0.244. The number of hydrogen-bond donors (Lipinski definition) is 2. The summed E-state index contributed by atoms with van der Waals surface area (Å²) in [7, 11) is 0. The number of aromatic amines is 1. The summed E-state index contributed by atoms with van der Waals surface area (Å²) < 4.78 is 28.1. The van der Waals surface area contributed by atoms with Crippen molar-refractivity contribution in [2.24, 2.45) is 11.7 Å². The van der Waals surface area contributed by atoms with Crippen LogP contribution in [-0.2, 0) is 0 Å². The van der Waals surface area contributed by atoms with E-state index < -0.39 is 16.8 Å². The summed E-state index contributed by atoms with van der Waals surface area (Å²) in [6.07, 6.45) is 0. The predicted octanol–water partition coefficient (Wildman–Crippen LogP) is 1.53. The van der Waals surface area contributed by atoms with Crippen LogP contribution in [0.2, 0.25) is 0 Å². The average Bonchev–Trinajstić information content (AvgIpc) is 3.23. The fraction of sp³-hybridized carbons (Fsp3) is 0.444. The smallest absolute Gasteiger partial charge is 0.293 e. The molecule has 10 heteroatoms. The SMILES string of the molecule is CC1COc2c(N3CC(Cl)C(CN)C3)c(F)cc3c(=O)c4c(=O)[nH]oc4n1c23. The number of nitrogens with one attached hydrogen (secondary N) is 1. The molecule has 3 unspecified atom stereocenters. The van der Waals surface area contributed by atoms with Crippen molar-refractivity contribution in [3.8, 4) is 5.75 Å². The number of pyridine rings is 1. The minimum Gasteiger partial charge on any atom is -0.487 e. The van der Waals surface area contributed by atoms with Crippen LogP contribution >= 0.6 is 11.6 Å². The van der Waals surface area contributed by atoms with Crippen molar-refractivity contribution >= 4 is 39.3 Å². The molecule has 0 bridgehead atoms. The number of benzene rings is 1. The molecule has 8 nitrogen and oxygen atoms in total. The number of nitrogens with zero attached hydrogens (tertiary/aromatic N) is 2. The normalized spacial score (nSPS) is 24.3. The Morgan fingerprint density at radius 1 is 1.39 bits per heavy atom. The van der Waals surface area contributed by atoms with Gasteiger partial charge in [0.2, 0.25) is 11.1 Å². The summed E-state index contributed by atoms with van der Waals surface area (Å²) >= 11 is 6.37. The molecule has 1 fully saturated rings. The molecule has 1 saturated heterocycles. The molecule has 0 spiro atoms. The molecule has 0 amide bonds. The van der Waals surface area contributed by atoms with Gasteiger partial charge in [0.1, 0.15) is 17.8 Å². The third-order valence-electron chi connectivity index (χ3n) is 5.69. The molecule has 3 aromatic rings. The van der Waals surface area contributed by atoms with Crippen molar-refractivity contribution in [2.75, 3.05) is 31.1 Å². The number of ether oxygens (including phenoxy) is 1. The van der Waals surface area contributed by atoms with Gasteiger partial charge < -0.3 is 19.9 Å². The van der Waals surface area contributed by atoms with E-state index in [9.17, 15) is 9.59 Å². The fourth-order valence-electron chi connectivity index (χ4n) is 4.29. The lowest BCUT2D eigenvalue weighted by atomic mass is 10.1. The topological polar surface area (TPSA) is 106 Å². The van der Waals surface area contributed by atoms with Crippen molar-refractivity contribution < 1.29 is 13.7 Å². The monoisotopic (exact) mass is 408 g/mol. The van der Waals surface area contributed by atoms with E-state index >= 15 is 4.39 Å². The third kappa shape index (κ3) is 2.20. The maximum atomic E-state index is 15.2. The Bertz CT molecular complexity index is 1230. The molecular formula is C18H18ClFN4O4. The Hall–Kier alpha value is -2.52. The lowest BCUT2D eigenvalue weighted by Gasteiger charge is -2.30. The minimum atomic E-state index is -0.634. The van der Waals surface area contributed by atoms with Crippen molar-refractivity contribution in [3.05, 3.63) is 32.5 Å². The quantitative estimate of drug-likeness (QED) is 0.623. The van der Waals surface area contributed by atoms with E-state index in [0.717, 1.165) is 0 Å². The zero-order chi connectivity index (χ0) is 19.7. The van der Waals surface area contributed by atoms with Gasteiger partial charge in [-0.25, -0.2) is 4.39 Å². The van der Waals surface area contributed by atoms with Crippen molar-refractivity contribution in [1.82, 2.24) is 9.72 Å². The van der Waals surface area contributed by atoms with Gasteiger partial charge in [0.15, 0.2) is 17.0 Å². The van der Waals surface area contributed by atoms with Gasteiger partial charge in [0, 0.05) is 19.0 Å². The van der Waals surface area contributed by atoms with Crippen LogP contribution in [0.25, 0.3) is 22.0 Å². The Kier molecular flexibility index (Phi) is 3.76. The molecule has 0 saturated carbocycles. The van der Waals surface area contributed by atoms with Gasteiger partial charge >= 0.3 is 0 Å². The lowest BCUT2D eigenvalue weighted by Crippen LogP contribution is -2.29. The third-order valence-corrected chi connectivity index (χ3v) is 6.18. The highest BCUT2D eigenvalue weighted by Gasteiger charge is 2.36. The number of anilines is 1. The molecule has 28 heavy (non-hydrogen) atoms. The van der Waals surface area contributed by atoms with Crippen LogP contribution in [0.15, 0.2) is 20.2 Å². The predicted molar refractivity (Wildman–Crippen MR) is 103 cm³/mol. The van der Waals surface area contributed by atoms with E-state index in [4.69, 9.17) is 26.6 Å². The van der Waals surface area contributed by atoms with Gasteiger partial charge in [-0.15, -0.1) is 11.6 Å². The Morgan fingerprint density at radius 3 is 2.89 bits per heavy atom. The molecule has 0 radical (unpaired) electrons. The molecule has 0 aliphatic carbocycles. The van der Waals surface area contributed by atoms with Crippen LogP contribution in [-0.4, -0.2) is 41.3 Å². The molecule has 148 valence electrons. The van der Waals surface area contributed by atoms with E-state index in [-0.39, 0.29) is 51.9 Å². The largest absolute Gasteiger partial charge is 0.487 e. The van der Waals surface area contributed by atoms with Crippen LogP contribution in [0.3, 0.4) is 0 Å². The molecule has 5 rings (SSSR count). The summed E-state index contributed by atoms with van der Waals surface area (Å²) in [4.78, 5) is 26.8. The van der Waals surface area contributed by atoms with Crippen LogP contribution in [0, 0.1) is 11.7 Å². The molecular weight excluding hydrogens is 391 g/mol. The first kappa shape index (κ1) is 17.6. The van der Waals surface area contributed by atoms with Crippen molar-refractivity contribution in [3.63, 3.8) is 0 Å². The second-order valence-electron chi connectivity index (χ2n) is 7.42. The number of aromatic nitrogens is 2. The van der Waals surface area contributed by atoms with Gasteiger partial charge in [-0.05, 0) is 19.5 Å². The van der Waals surface area contributed by atoms with Crippen LogP contribution in [0.1, 0.15) is 13.0 Å². The van der Waals surface area contributed by atoms with Crippen LogP contribution < -0.4 is 26.4 Å². The molecule has 3 N–H and O–H groups in total. The molecule has 4 heterocycles. The summed E-state index contributed by atoms with van der Waals surface area (Å²) in [5, 5.41) is 1.96. The molecule has 2 aliphatic rings. The summed E-state index contributed by atoms with van der Waals surface area (Å²) in [6.45, 7) is 3.42. The first-order chi connectivity index (χ1) is 13.4. The summed E-state index contributed by atoms with van der Waals surface area (Å²) in [6, 6.07) is 0.950. The standard InChI is InChI=1S/C18H18ClFN4O4/c1-7-6-27-16-13-9(15(25)12-17(26)22-28-18(12)24(7)13)2-11(20)14(16)23-4-8(3-21)10(19)5-23/h2,7-8,10H,3-6,21H2,1H3,(H,22,26). The van der Waals surface area contributed by atoms with E-state index in [0.29, 0.717) is 25.2 Å². The maximum Gasteiger partial charge on any atom is 0.293 e. The van der Waals surface area contributed by atoms with Gasteiger partial charge in [-0.2, -0.15) is 5.16 Å². The number of nitrogens with two attached hydrogens (primary N) is 1. The van der Waals surface area contributed by atoms with Crippen LogP contribution in [0.5, 0.6) is 5.75 Å². The summed E-state index contributed by atoms with van der Waals surface area (Å²) in [5.41, 5.74) is 5.36. The van der Waals surface area contributed by atoms with Crippen LogP contribution in [0.4, 0.5) is 10.1 Å². The zero-order valence-corrected chi connectivity index (χ0v) is 15.8. The minimum absolute atomic E-state index is 0.0267. The number of hydrogen-bond acceptors (Lipinski definition) is 6. The van der Waals surface area contributed by atoms with E-state index in [2.05, 4.69) is 5.16 Å². The van der Waals surface area contributed by atoms with Gasteiger partial charge in [0.05, 0.1) is 16.8 Å². The summed E-state index contributed by atoms with van der Waals surface area (Å²) in [5.74, 6) is -0.308. The number of alkyl halides is 1. The van der Waals surface area contributed by atoms with Gasteiger partial charge in [-0.3, -0.25) is 14.2 Å². The van der Waals surface area contributed by atoms with Crippen molar-refractivity contribution in [2.45, 2.75) is 18.3 Å². The van der Waals surface area contributed by atoms with Gasteiger partial charge in [0.25, 0.3) is 5.56 Å². The Labute approximate surface area is 162 Å². The number of halogens is 2. The first-order valence-electron chi connectivity index (χ1n) is 9.06. The second-order valence-corrected chi connectivity index (χ2v) is 7.98. The molecule has 1 aromatic carbocycles. The highest BCUT2D eigenvalue weighted by atomic mass is 35.5. The van der Waals surface area contributed by atoms with Gasteiger partial charge in [-0.1, -0.05) is 0 Å². The molecule has 2 aliphatic heterocycles. The molecule has 3 atom stereocenters. The second kappa shape index (κ2) is 5.99. The highest BCUT2D eigenvalue weighted by Crippen LogP contribution is 2.44. The Balaban J connectivity index is 1.87. The highest BCUT2D eigenvalue weighted by molar-refractivity contribution is 6.21. The molecule has 2 aromatic heterocycles.